The third-order valence-corrected chi connectivity index (χ3v) is 6.12. The van der Waals surface area contributed by atoms with Gasteiger partial charge in [0.1, 0.15) is 11.6 Å². The molecule has 9 heteroatoms. The van der Waals surface area contributed by atoms with E-state index in [1.807, 2.05) is 30.9 Å². The SMILES string of the molecule is CCOc1cc(-c2c3c(nc(N4CCOCC4)c2C(N)=O)COC3)cc2c(C)cc(=O)[nH]c12. The Kier molecular flexibility index (Phi) is 5.51. The van der Waals surface area contributed by atoms with Gasteiger partial charge in [-0.3, -0.25) is 9.59 Å². The van der Waals surface area contributed by atoms with Gasteiger partial charge in [-0.1, -0.05) is 0 Å². The molecule has 2 aromatic heterocycles. The maximum absolute atomic E-state index is 12.8. The van der Waals surface area contributed by atoms with Gasteiger partial charge < -0.3 is 29.8 Å². The number of hydrogen-bond acceptors (Lipinski definition) is 7. The monoisotopic (exact) mass is 450 g/mol. The van der Waals surface area contributed by atoms with Crippen molar-refractivity contribution in [3.8, 4) is 16.9 Å². The van der Waals surface area contributed by atoms with Gasteiger partial charge in [-0.25, -0.2) is 4.98 Å². The number of pyridine rings is 2. The van der Waals surface area contributed by atoms with Gasteiger partial charge in [0.2, 0.25) is 5.56 Å². The van der Waals surface area contributed by atoms with Crippen LogP contribution in [0.25, 0.3) is 22.0 Å². The standard InChI is InChI=1S/C24H26N4O5/c1-3-33-18-10-14(9-15-13(2)8-19(29)27-22(15)18)20-16-11-32-12-17(16)26-24(21(20)23(25)30)28-4-6-31-7-5-28/h8-10H,3-7,11-12H2,1-2H3,(H2,25,30)(H,27,29). The number of fused-ring (bicyclic) bond motifs is 2. The smallest absolute Gasteiger partial charge is 0.253 e. The summed E-state index contributed by atoms with van der Waals surface area (Å²) in [7, 11) is 0. The van der Waals surface area contributed by atoms with Crippen LogP contribution >= 0.6 is 0 Å². The number of nitrogens with zero attached hydrogens (tertiary/aromatic N) is 2. The fraction of sp³-hybridized carbons (Fsp3) is 0.375. The topological polar surface area (TPSA) is 120 Å². The van der Waals surface area contributed by atoms with Gasteiger partial charge in [0.15, 0.2) is 0 Å². The molecule has 2 aliphatic rings. The first-order valence-electron chi connectivity index (χ1n) is 11.0. The lowest BCUT2D eigenvalue weighted by molar-refractivity contribution is 0.0998. The van der Waals surface area contributed by atoms with Crippen molar-refractivity contribution in [1.82, 2.24) is 9.97 Å². The molecule has 172 valence electrons. The number of aromatic amines is 1. The number of carbonyl (C=O) groups is 1. The molecule has 0 aliphatic carbocycles. The number of anilines is 1. The number of benzene rings is 1. The molecular weight excluding hydrogens is 424 g/mol. The number of H-pyrrole nitrogens is 1. The summed E-state index contributed by atoms with van der Waals surface area (Å²) in [6.45, 7) is 7.25. The number of primary amides is 1. The summed E-state index contributed by atoms with van der Waals surface area (Å²) < 4.78 is 17.1. The summed E-state index contributed by atoms with van der Waals surface area (Å²) >= 11 is 0. The third kappa shape index (κ3) is 3.73. The highest BCUT2D eigenvalue weighted by Gasteiger charge is 2.30. The maximum atomic E-state index is 12.8. The van der Waals surface area contributed by atoms with Crippen LogP contribution in [0, 0.1) is 6.92 Å². The summed E-state index contributed by atoms with van der Waals surface area (Å²) in [4.78, 5) is 34.7. The Morgan fingerprint density at radius 1 is 1.21 bits per heavy atom. The molecule has 2 aliphatic heterocycles. The second-order valence-corrected chi connectivity index (χ2v) is 8.21. The van der Waals surface area contributed by atoms with Gasteiger partial charge in [-0.2, -0.15) is 0 Å². The van der Waals surface area contributed by atoms with Crippen LogP contribution in [0.1, 0.15) is 34.1 Å². The quantitative estimate of drug-likeness (QED) is 0.612. The fourth-order valence-electron chi connectivity index (χ4n) is 4.64. The number of nitrogens with one attached hydrogen (secondary N) is 1. The van der Waals surface area contributed by atoms with Crippen LogP contribution in [-0.2, 0) is 22.7 Å². The molecule has 9 nitrogen and oxygen atoms in total. The highest BCUT2D eigenvalue weighted by Crippen LogP contribution is 2.41. The number of aromatic nitrogens is 2. The van der Waals surface area contributed by atoms with Crippen LogP contribution in [0.2, 0.25) is 0 Å². The van der Waals surface area contributed by atoms with E-state index in [9.17, 15) is 9.59 Å². The minimum Gasteiger partial charge on any atom is -0.492 e. The minimum absolute atomic E-state index is 0.195. The number of hydrogen-bond donors (Lipinski definition) is 2. The minimum atomic E-state index is -0.551. The number of amides is 1. The molecule has 0 bridgehead atoms. The molecule has 1 aromatic carbocycles. The average molecular weight is 450 g/mol. The first-order valence-corrected chi connectivity index (χ1v) is 11.0. The van der Waals surface area contributed by atoms with Gasteiger partial charge in [0, 0.05) is 35.7 Å². The van der Waals surface area contributed by atoms with Gasteiger partial charge in [-0.05, 0) is 37.1 Å². The second-order valence-electron chi connectivity index (χ2n) is 8.21. The summed E-state index contributed by atoms with van der Waals surface area (Å²) in [5.74, 6) is 0.546. The molecule has 4 heterocycles. The third-order valence-electron chi connectivity index (χ3n) is 6.12. The Labute approximate surface area is 190 Å². The highest BCUT2D eigenvalue weighted by molar-refractivity contribution is 6.06. The first-order chi connectivity index (χ1) is 16.0. The fourth-order valence-corrected chi connectivity index (χ4v) is 4.64. The summed E-state index contributed by atoms with van der Waals surface area (Å²) in [5.41, 5.74) is 10.7. The van der Waals surface area contributed by atoms with Gasteiger partial charge >= 0.3 is 0 Å². The Morgan fingerprint density at radius 3 is 2.73 bits per heavy atom. The van der Waals surface area contributed by atoms with Crippen molar-refractivity contribution in [2.75, 3.05) is 37.8 Å². The van der Waals surface area contributed by atoms with Gasteiger partial charge in [0.25, 0.3) is 5.91 Å². The molecule has 0 radical (unpaired) electrons. The number of morpholine rings is 1. The van der Waals surface area contributed by atoms with Crippen molar-refractivity contribution in [3.05, 3.63) is 50.9 Å². The lowest BCUT2D eigenvalue weighted by Crippen LogP contribution is -2.38. The van der Waals surface area contributed by atoms with Crippen molar-refractivity contribution < 1.29 is 19.0 Å². The predicted octanol–water partition coefficient (Wildman–Crippen LogP) is 2.26. The van der Waals surface area contributed by atoms with Crippen LogP contribution in [0.3, 0.4) is 0 Å². The van der Waals surface area contributed by atoms with Crippen molar-refractivity contribution in [2.45, 2.75) is 27.1 Å². The van der Waals surface area contributed by atoms with Crippen LogP contribution in [-0.4, -0.2) is 48.8 Å². The number of carbonyl (C=O) groups excluding carboxylic acids is 1. The number of aryl methyl sites for hydroxylation is 1. The van der Waals surface area contributed by atoms with E-state index < -0.39 is 5.91 Å². The summed E-state index contributed by atoms with van der Waals surface area (Å²) in [6, 6.07) is 5.37. The maximum Gasteiger partial charge on any atom is 0.253 e. The second kappa shape index (κ2) is 8.49. The van der Waals surface area contributed by atoms with Gasteiger partial charge in [0.05, 0.1) is 49.8 Å². The number of ether oxygens (including phenoxy) is 3. The van der Waals surface area contributed by atoms with E-state index in [0.717, 1.165) is 27.8 Å². The number of nitrogens with two attached hydrogens (primary N) is 1. The van der Waals surface area contributed by atoms with E-state index in [1.54, 1.807) is 6.07 Å². The Hall–Kier alpha value is -3.43. The summed E-state index contributed by atoms with van der Waals surface area (Å²) in [6.07, 6.45) is 0. The van der Waals surface area contributed by atoms with Gasteiger partial charge in [-0.15, -0.1) is 0 Å². The Morgan fingerprint density at radius 2 is 2.00 bits per heavy atom. The van der Waals surface area contributed by atoms with Crippen molar-refractivity contribution >= 4 is 22.6 Å². The molecule has 0 unspecified atom stereocenters. The van der Waals surface area contributed by atoms with E-state index in [4.69, 9.17) is 24.9 Å². The largest absolute Gasteiger partial charge is 0.492 e. The zero-order valence-electron chi connectivity index (χ0n) is 18.7. The Bertz CT molecular complexity index is 1310. The molecule has 0 spiro atoms. The molecule has 1 saturated heterocycles. The first kappa shape index (κ1) is 21.4. The zero-order chi connectivity index (χ0) is 23.1. The van der Waals surface area contributed by atoms with Crippen LogP contribution in [0.5, 0.6) is 5.75 Å². The van der Waals surface area contributed by atoms with Crippen LogP contribution < -0.4 is 20.9 Å². The average Bonchev–Trinajstić information content (AvgIpc) is 3.27. The lowest BCUT2D eigenvalue weighted by Gasteiger charge is -2.30. The molecule has 0 atom stereocenters. The molecule has 33 heavy (non-hydrogen) atoms. The molecule has 1 fully saturated rings. The normalized spacial score (nSPS) is 15.6. The Balaban J connectivity index is 1.83. The summed E-state index contributed by atoms with van der Waals surface area (Å²) in [5, 5.41) is 0.836. The van der Waals surface area contributed by atoms with Crippen molar-refractivity contribution in [2.24, 2.45) is 5.73 Å². The van der Waals surface area contributed by atoms with E-state index in [1.165, 1.54) is 0 Å². The number of rotatable bonds is 5. The predicted molar refractivity (Wildman–Crippen MR) is 124 cm³/mol. The molecule has 5 rings (SSSR count). The van der Waals surface area contributed by atoms with Crippen LogP contribution in [0.4, 0.5) is 5.82 Å². The molecule has 3 aromatic rings. The zero-order valence-corrected chi connectivity index (χ0v) is 18.7. The lowest BCUT2D eigenvalue weighted by atomic mass is 9.92. The van der Waals surface area contributed by atoms with E-state index in [2.05, 4.69) is 4.98 Å². The van der Waals surface area contributed by atoms with Crippen molar-refractivity contribution in [1.29, 1.82) is 0 Å². The molecule has 0 saturated carbocycles. The van der Waals surface area contributed by atoms with E-state index in [0.29, 0.717) is 74.3 Å². The molecule has 3 N–H and O–H groups in total. The van der Waals surface area contributed by atoms with Crippen LogP contribution in [0.15, 0.2) is 23.0 Å². The highest BCUT2D eigenvalue weighted by atomic mass is 16.5. The molecular formula is C24H26N4O5. The van der Waals surface area contributed by atoms with Crippen molar-refractivity contribution in [3.63, 3.8) is 0 Å². The van der Waals surface area contributed by atoms with E-state index >= 15 is 0 Å². The molecule has 1 amide bonds. The van der Waals surface area contributed by atoms with E-state index in [-0.39, 0.29) is 5.56 Å².